The smallest absolute Gasteiger partial charge is 0.331 e. The molecule has 142 valence electrons. The third kappa shape index (κ3) is 3.99. The molecular formula is C24H23NO3. The Morgan fingerprint density at radius 1 is 1.21 bits per heavy atom. The van der Waals surface area contributed by atoms with Crippen molar-refractivity contribution < 1.29 is 14.6 Å². The van der Waals surface area contributed by atoms with E-state index in [1.807, 2.05) is 67.6 Å². The Kier molecular flexibility index (Phi) is 5.96. The van der Waals surface area contributed by atoms with Gasteiger partial charge in [0.1, 0.15) is 12.4 Å². The van der Waals surface area contributed by atoms with Crippen molar-refractivity contribution >= 4 is 5.97 Å². The van der Waals surface area contributed by atoms with E-state index in [2.05, 4.69) is 6.07 Å². The molecule has 0 saturated carbocycles. The predicted octanol–water partition coefficient (Wildman–Crippen LogP) is 5.24. The summed E-state index contributed by atoms with van der Waals surface area (Å²) in [5, 5.41) is 19.5. The lowest BCUT2D eigenvalue weighted by atomic mass is 9.66. The summed E-state index contributed by atoms with van der Waals surface area (Å²) in [6, 6.07) is 20.0. The van der Waals surface area contributed by atoms with Crippen LogP contribution in [-0.2, 0) is 11.4 Å². The zero-order valence-corrected chi connectivity index (χ0v) is 15.8. The molecule has 2 unspecified atom stereocenters. The number of hydrogen-bond acceptors (Lipinski definition) is 3. The molecule has 1 aliphatic carbocycles. The average molecular weight is 373 g/mol. The van der Waals surface area contributed by atoms with Crippen LogP contribution < -0.4 is 4.74 Å². The maximum atomic E-state index is 11.5. The molecule has 0 saturated heterocycles. The zero-order chi connectivity index (χ0) is 20.0. The second-order valence-corrected chi connectivity index (χ2v) is 6.96. The van der Waals surface area contributed by atoms with Gasteiger partial charge in [0, 0.05) is 17.9 Å². The summed E-state index contributed by atoms with van der Waals surface area (Å²) in [6.07, 6.45) is 5.97. The number of ether oxygens (including phenoxy) is 1. The quantitative estimate of drug-likeness (QED) is 0.720. The van der Waals surface area contributed by atoms with Gasteiger partial charge in [-0.15, -0.1) is 0 Å². The van der Waals surface area contributed by atoms with E-state index >= 15 is 0 Å². The van der Waals surface area contributed by atoms with Crippen LogP contribution in [0.2, 0.25) is 0 Å². The standard InChI is InChI=1S/C24H23NO3/c1-2-21(24(17-25)14-8-11-19(15-24)23(26)27)20-12-6-7-13-22(20)28-16-18-9-4-3-5-10-18/h3-14,21H,2,15-16H2,1H3,(H,26,27). The Balaban J connectivity index is 1.92. The predicted molar refractivity (Wildman–Crippen MR) is 108 cm³/mol. The first-order chi connectivity index (χ1) is 13.6. The van der Waals surface area contributed by atoms with Crippen LogP contribution in [0.3, 0.4) is 0 Å². The molecule has 0 spiro atoms. The topological polar surface area (TPSA) is 70.3 Å². The molecule has 0 bridgehead atoms. The number of carboxylic acids is 1. The average Bonchev–Trinajstić information content (AvgIpc) is 2.74. The van der Waals surface area contributed by atoms with E-state index in [0.717, 1.165) is 16.9 Å². The molecule has 0 heterocycles. The molecule has 2 aromatic carbocycles. The van der Waals surface area contributed by atoms with Crippen LogP contribution in [0.15, 0.2) is 78.4 Å². The van der Waals surface area contributed by atoms with E-state index in [0.29, 0.717) is 13.0 Å². The van der Waals surface area contributed by atoms with Gasteiger partial charge in [0.15, 0.2) is 0 Å². The van der Waals surface area contributed by atoms with Crippen LogP contribution in [0.5, 0.6) is 5.75 Å². The van der Waals surface area contributed by atoms with E-state index < -0.39 is 11.4 Å². The fourth-order valence-electron chi connectivity index (χ4n) is 3.81. The van der Waals surface area contributed by atoms with Crippen LogP contribution in [0, 0.1) is 16.7 Å². The van der Waals surface area contributed by atoms with Crippen molar-refractivity contribution in [2.75, 3.05) is 0 Å². The van der Waals surface area contributed by atoms with E-state index in [1.54, 1.807) is 12.2 Å². The molecule has 28 heavy (non-hydrogen) atoms. The highest BCUT2D eigenvalue weighted by atomic mass is 16.5. The molecule has 4 nitrogen and oxygen atoms in total. The van der Waals surface area contributed by atoms with Crippen molar-refractivity contribution in [2.45, 2.75) is 32.3 Å². The lowest BCUT2D eigenvalue weighted by molar-refractivity contribution is -0.133. The molecule has 0 radical (unpaired) electrons. The summed E-state index contributed by atoms with van der Waals surface area (Å²) in [5.41, 5.74) is 1.33. The van der Waals surface area contributed by atoms with Crippen molar-refractivity contribution in [3.05, 3.63) is 89.5 Å². The Morgan fingerprint density at radius 3 is 2.61 bits per heavy atom. The fourth-order valence-corrected chi connectivity index (χ4v) is 3.81. The van der Waals surface area contributed by atoms with E-state index in [9.17, 15) is 15.2 Å². The number of nitriles is 1. The SMILES string of the molecule is CCC(c1ccccc1OCc1ccccc1)C1(C#N)C=CC=C(C(=O)O)C1. The lowest BCUT2D eigenvalue weighted by Crippen LogP contribution is -2.29. The van der Waals surface area contributed by atoms with E-state index in [-0.39, 0.29) is 17.9 Å². The highest BCUT2D eigenvalue weighted by molar-refractivity contribution is 5.87. The van der Waals surface area contributed by atoms with Crippen molar-refractivity contribution in [3.8, 4) is 11.8 Å². The monoisotopic (exact) mass is 373 g/mol. The summed E-state index contributed by atoms with van der Waals surface area (Å²) < 4.78 is 6.10. The van der Waals surface area contributed by atoms with Crippen molar-refractivity contribution in [3.63, 3.8) is 0 Å². The normalized spacial score (nSPS) is 19.4. The summed E-state index contributed by atoms with van der Waals surface area (Å²) in [4.78, 5) is 11.5. The maximum Gasteiger partial charge on any atom is 0.331 e. The summed E-state index contributed by atoms with van der Waals surface area (Å²) in [5.74, 6) is -0.427. The number of allylic oxidation sites excluding steroid dienone is 3. The van der Waals surface area contributed by atoms with Gasteiger partial charge in [-0.25, -0.2) is 4.79 Å². The molecular weight excluding hydrogens is 350 g/mol. The molecule has 3 rings (SSSR count). The number of aliphatic carboxylic acids is 1. The van der Waals surface area contributed by atoms with Gasteiger partial charge in [0.2, 0.25) is 0 Å². The van der Waals surface area contributed by atoms with E-state index in [1.165, 1.54) is 0 Å². The van der Waals surface area contributed by atoms with Crippen LogP contribution >= 0.6 is 0 Å². The molecule has 1 aliphatic rings. The van der Waals surface area contributed by atoms with Crippen LogP contribution in [-0.4, -0.2) is 11.1 Å². The molecule has 0 amide bonds. The fraction of sp³-hybridized carbons (Fsp3) is 0.250. The second-order valence-electron chi connectivity index (χ2n) is 6.96. The van der Waals surface area contributed by atoms with Gasteiger partial charge in [0.25, 0.3) is 0 Å². The third-order valence-corrected chi connectivity index (χ3v) is 5.22. The summed E-state index contributed by atoms with van der Waals surface area (Å²) in [7, 11) is 0. The highest BCUT2D eigenvalue weighted by Gasteiger charge is 2.41. The molecule has 1 N–H and O–H groups in total. The third-order valence-electron chi connectivity index (χ3n) is 5.22. The zero-order valence-electron chi connectivity index (χ0n) is 15.8. The Hall–Kier alpha value is -3.32. The minimum atomic E-state index is -0.979. The lowest BCUT2D eigenvalue weighted by Gasteiger charge is -2.35. The first-order valence-electron chi connectivity index (χ1n) is 9.38. The number of rotatable bonds is 7. The molecule has 0 fully saturated rings. The second kappa shape index (κ2) is 8.58. The minimum Gasteiger partial charge on any atom is -0.489 e. The van der Waals surface area contributed by atoms with Crippen LogP contribution in [0.4, 0.5) is 0 Å². The number of carbonyl (C=O) groups is 1. The van der Waals surface area contributed by atoms with Gasteiger partial charge in [-0.2, -0.15) is 5.26 Å². The van der Waals surface area contributed by atoms with Crippen LogP contribution in [0.1, 0.15) is 36.8 Å². The summed E-state index contributed by atoms with van der Waals surface area (Å²) >= 11 is 0. The van der Waals surface area contributed by atoms with Crippen molar-refractivity contribution in [1.82, 2.24) is 0 Å². The number of nitrogens with zero attached hydrogens (tertiary/aromatic N) is 1. The van der Waals surface area contributed by atoms with Gasteiger partial charge in [-0.3, -0.25) is 0 Å². The number of benzene rings is 2. The number of carboxylic acid groups (broad SMARTS) is 1. The van der Waals surface area contributed by atoms with Gasteiger partial charge in [-0.1, -0.05) is 73.7 Å². The molecule has 0 aromatic heterocycles. The highest BCUT2D eigenvalue weighted by Crippen LogP contribution is 2.48. The first-order valence-corrected chi connectivity index (χ1v) is 9.38. The van der Waals surface area contributed by atoms with Crippen LogP contribution in [0.25, 0.3) is 0 Å². The maximum absolute atomic E-state index is 11.5. The minimum absolute atomic E-state index is 0.177. The summed E-state index contributed by atoms with van der Waals surface area (Å²) in [6.45, 7) is 2.45. The first kappa shape index (κ1) is 19.4. The van der Waals surface area contributed by atoms with Crippen molar-refractivity contribution in [1.29, 1.82) is 5.26 Å². The van der Waals surface area contributed by atoms with Crippen molar-refractivity contribution in [2.24, 2.45) is 5.41 Å². The Bertz CT molecular complexity index is 940. The Morgan fingerprint density at radius 2 is 1.93 bits per heavy atom. The number of hydrogen-bond donors (Lipinski definition) is 1. The Labute approximate surface area is 165 Å². The van der Waals surface area contributed by atoms with Gasteiger partial charge >= 0.3 is 5.97 Å². The number of para-hydroxylation sites is 1. The molecule has 4 heteroatoms. The van der Waals surface area contributed by atoms with E-state index in [4.69, 9.17) is 4.74 Å². The molecule has 0 aliphatic heterocycles. The largest absolute Gasteiger partial charge is 0.489 e. The molecule has 2 atom stereocenters. The van der Waals surface area contributed by atoms with Gasteiger partial charge in [0.05, 0.1) is 11.5 Å². The molecule has 2 aromatic rings. The van der Waals surface area contributed by atoms with Gasteiger partial charge < -0.3 is 9.84 Å². The van der Waals surface area contributed by atoms with Gasteiger partial charge in [-0.05, 0) is 23.6 Å².